The average Bonchev–Trinajstić information content (AvgIpc) is 2.35. The number of carbonyl (C=O) groups excluding carboxylic acids is 1. The van der Waals surface area contributed by atoms with Crippen LogP contribution in [0.25, 0.3) is 0 Å². The molecule has 0 fully saturated rings. The molecule has 8 heteroatoms. The van der Waals surface area contributed by atoms with Gasteiger partial charge in [-0.25, -0.2) is 4.79 Å². The number of ether oxygens (including phenoxy) is 3. The molecule has 0 unspecified atom stereocenters. The van der Waals surface area contributed by atoms with Crippen molar-refractivity contribution in [3.63, 3.8) is 0 Å². The predicted octanol–water partition coefficient (Wildman–Crippen LogP) is 2.96. The molecule has 0 saturated heterocycles. The van der Waals surface area contributed by atoms with Crippen LogP contribution in [0.3, 0.4) is 0 Å². The lowest BCUT2D eigenvalue weighted by molar-refractivity contribution is -0.385. The van der Waals surface area contributed by atoms with Crippen molar-refractivity contribution in [2.45, 2.75) is 26.4 Å². The first-order valence-electron chi connectivity index (χ1n) is 6.08. The van der Waals surface area contributed by atoms with Crippen molar-refractivity contribution < 1.29 is 23.9 Å². The number of anilines is 1. The number of hydrogen-bond acceptors (Lipinski definition) is 6. The standard InChI is InChI=1S/C13H18N2O6/c1-13(2,3)21-12(16)14-8-6-11(20-5)9(15(17)18)7-10(8)19-4/h6-7H,1-5H3,(H,14,16). The minimum Gasteiger partial charge on any atom is -0.494 e. The van der Waals surface area contributed by atoms with Gasteiger partial charge in [-0.1, -0.05) is 0 Å². The van der Waals surface area contributed by atoms with Crippen molar-refractivity contribution in [1.29, 1.82) is 0 Å². The van der Waals surface area contributed by atoms with Gasteiger partial charge in [0.15, 0.2) is 5.75 Å². The van der Waals surface area contributed by atoms with Crippen molar-refractivity contribution in [3.05, 3.63) is 22.2 Å². The van der Waals surface area contributed by atoms with Crippen LogP contribution in [0.15, 0.2) is 12.1 Å². The summed E-state index contributed by atoms with van der Waals surface area (Å²) in [6.07, 6.45) is -0.697. The average molecular weight is 298 g/mol. The van der Waals surface area contributed by atoms with E-state index in [0.717, 1.165) is 0 Å². The summed E-state index contributed by atoms with van der Waals surface area (Å²) in [6.45, 7) is 5.17. The maximum atomic E-state index is 11.8. The van der Waals surface area contributed by atoms with Gasteiger partial charge in [0.25, 0.3) is 0 Å². The van der Waals surface area contributed by atoms with E-state index >= 15 is 0 Å². The van der Waals surface area contributed by atoms with E-state index in [1.807, 2.05) is 0 Å². The second-order valence-electron chi connectivity index (χ2n) is 5.11. The first-order valence-corrected chi connectivity index (χ1v) is 6.08. The molecule has 0 aliphatic heterocycles. The molecule has 0 aliphatic rings. The van der Waals surface area contributed by atoms with Crippen molar-refractivity contribution in [1.82, 2.24) is 0 Å². The molecule has 0 radical (unpaired) electrons. The summed E-state index contributed by atoms with van der Waals surface area (Å²) < 4.78 is 15.1. The molecule has 1 amide bonds. The van der Waals surface area contributed by atoms with Crippen molar-refractivity contribution in [2.75, 3.05) is 19.5 Å². The lowest BCUT2D eigenvalue weighted by Gasteiger charge is -2.20. The molecular weight excluding hydrogens is 280 g/mol. The minimum absolute atomic E-state index is 0.00635. The van der Waals surface area contributed by atoms with Crippen LogP contribution >= 0.6 is 0 Å². The van der Waals surface area contributed by atoms with Crippen molar-refractivity contribution in [2.24, 2.45) is 0 Å². The molecule has 8 nitrogen and oxygen atoms in total. The number of nitro groups is 1. The number of hydrogen-bond donors (Lipinski definition) is 1. The number of nitrogens with one attached hydrogen (secondary N) is 1. The molecule has 0 spiro atoms. The SMILES string of the molecule is COc1cc([N+](=O)[O-])c(OC)cc1NC(=O)OC(C)(C)C. The molecule has 1 aromatic rings. The smallest absolute Gasteiger partial charge is 0.412 e. The largest absolute Gasteiger partial charge is 0.494 e. The summed E-state index contributed by atoms with van der Waals surface area (Å²) in [5.41, 5.74) is -0.708. The van der Waals surface area contributed by atoms with Gasteiger partial charge >= 0.3 is 11.8 Å². The van der Waals surface area contributed by atoms with E-state index in [1.165, 1.54) is 26.4 Å². The molecule has 0 saturated carbocycles. The highest BCUT2D eigenvalue weighted by atomic mass is 16.6. The van der Waals surface area contributed by atoms with Gasteiger partial charge in [-0.05, 0) is 20.8 Å². The number of carbonyl (C=O) groups is 1. The van der Waals surface area contributed by atoms with Gasteiger partial charge in [0.1, 0.15) is 11.4 Å². The third-order valence-electron chi connectivity index (χ3n) is 2.33. The van der Waals surface area contributed by atoms with Gasteiger partial charge in [0, 0.05) is 6.07 Å². The first-order chi connectivity index (χ1) is 9.67. The van der Waals surface area contributed by atoms with E-state index in [0.29, 0.717) is 0 Å². The van der Waals surface area contributed by atoms with Crippen LogP contribution in [0.1, 0.15) is 20.8 Å². The van der Waals surface area contributed by atoms with Gasteiger partial charge in [0.2, 0.25) is 0 Å². The second kappa shape index (κ2) is 6.29. The van der Waals surface area contributed by atoms with Gasteiger partial charge in [-0.3, -0.25) is 15.4 Å². The highest BCUT2D eigenvalue weighted by Gasteiger charge is 2.22. The molecule has 21 heavy (non-hydrogen) atoms. The van der Waals surface area contributed by atoms with Gasteiger partial charge in [-0.2, -0.15) is 0 Å². The van der Waals surface area contributed by atoms with Crippen LogP contribution in [-0.2, 0) is 4.74 Å². The van der Waals surface area contributed by atoms with Gasteiger partial charge in [0.05, 0.1) is 30.9 Å². The summed E-state index contributed by atoms with van der Waals surface area (Å²) in [5, 5.41) is 13.4. The van der Waals surface area contributed by atoms with Crippen molar-refractivity contribution >= 4 is 17.5 Å². The highest BCUT2D eigenvalue weighted by Crippen LogP contribution is 2.37. The summed E-state index contributed by atoms with van der Waals surface area (Å²) in [7, 11) is 2.64. The Kier molecular flexibility index (Phi) is 4.96. The number of nitro benzene ring substituents is 1. The molecule has 116 valence electrons. The predicted molar refractivity (Wildman–Crippen MR) is 76.1 cm³/mol. The number of rotatable bonds is 4. The number of amides is 1. The van der Waals surface area contributed by atoms with Crippen LogP contribution in [0.5, 0.6) is 11.5 Å². The molecule has 1 N–H and O–H groups in total. The van der Waals surface area contributed by atoms with Gasteiger partial charge in [-0.15, -0.1) is 0 Å². The van der Waals surface area contributed by atoms with E-state index in [2.05, 4.69) is 5.32 Å². The molecule has 1 aromatic carbocycles. The lowest BCUT2D eigenvalue weighted by Crippen LogP contribution is -2.27. The normalized spacial score (nSPS) is 10.7. The molecular formula is C13H18N2O6. The number of benzene rings is 1. The monoisotopic (exact) mass is 298 g/mol. The third kappa shape index (κ3) is 4.51. The van der Waals surface area contributed by atoms with E-state index in [9.17, 15) is 14.9 Å². The Bertz CT molecular complexity index is 550. The van der Waals surface area contributed by atoms with Crippen LogP contribution in [-0.4, -0.2) is 30.8 Å². The fourth-order valence-corrected chi connectivity index (χ4v) is 1.54. The summed E-state index contributed by atoms with van der Waals surface area (Å²) in [5.74, 6) is 0.139. The fourth-order valence-electron chi connectivity index (χ4n) is 1.54. The Morgan fingerprint density at radius 3 is 2.19 bits per heavy atom. The number of methoxy groups -OCH3 is 2. The lowest BCUT2D eigenvalue weighted by atomic mass is 10.2. The van der Waals surface area contributed by atoms with Gasteiger partial charge < -0.3 is 14.2 Å². The van der Waals surface area contributed by atoms with E-state index in [1.54, 1.807) is 20.8 Å². The molecule has 1 rings (SSSR count). The zero-order valence-electron chi connectivity index (χ0n) is 12.6. The Hall–Kier alpha value is -2.51. The Morgan fingerprint density at radius 1 is 1.19 bits per heavy atom. The van der Waals surface area contributed by atoms with E-state index in [-0.39, 0.29) is 22.9 Å². The molecule has 0 bridgehead atoms. The summed E-state index contributed by atoms with van der Waals surface area (Å²) in [6, 6.07) is 2.48. The Labute approximate surface area is 122 Å². The highest BCUT2D eigenvalue weighted by molar-refractivity contribution is 5.88. The maximum Gasteiger partial charge on any atom is 0.412 e. The Morgan fingerprint density at radius 2 is 1.76 bits per heavy atom. The minimum atomic E-state index is -0.697. The molecule has 0 atom stereocenters. The topological polar surface area (TPSA) is 99.9 Å². The Balaban J connectivity index is 3.12. The molecule has 0 heterocycles. The van der Waals surface area contributed by atoms with Crippen LogP contribution in [0.2, 0.25) is 0 Å². The van der Waals surface area contributed by atoms with Crippen molar-refractivity contribution in [3.8, 4) is 11.5 Å². The zero-order valence-corrected chi connectivity index (χ0v) is 12.6. The first kappa shape index (κ1) is 16.5. The molecule has 0 aliphatic carbocycles. The van der Waals surface area contributed by atoms with E-state index < -0.39 is 16.6 Å². The zero-order chi connectivity index (χ0) is 16.2. The van der Waals surface area contributed by atoms with E-state index in [4.69, 9.17) is 14.2 Å². The number of nitrogens with zero attached hydrogens (tertiary/aromatic N) is 1. The van der Waals surface area contributed by atoms with Crippen LogP contribution in [0, 0.1) is 10.1 Å². The molecule has 0 aromatic heterocycles. The third-order valence-corrected chi connectivity index (χ3v) is 2.33. The quantitative estimate of drug-likeness (QED) is 0.677. The summed E-state index contributed by atoms with van der Waals surface area (Å²) in [4.78, 5) is 22.1. The fraction of sp³-hybridized carbons (Fsp3) is 0.462. The van der Waals surface area contributed by atoms with Crippen LogP contribution in [0.4, 0.5) is 16.2 Å². The van der Waals surface area contributed by atoms with Crippen LogP contribution < -0.4 is 14.8 Å². The summed E-state index contributed by atoms with van der Waals surface area (Å²) >= 11 is 0. The second-order valence-corrected chi connectivity index (χ2v) is 5.11. The maximum absolute atomic E-state index is 11.8.